The zero-order valence-corrected chi connectivity index (χ0v) is 10.1. The maximum atomic E-state index is 5.31. The van der Waals surface area contributed by atoms with Gasteiger partial charge in [-0.3, -0.25) is 0 Å². The normalized spacial score (nSPS) is 25.5. The van der Waals surface area contributed by atoms with Crippen LogP contribution in [0.2, 0.25) is 0 Å². The Balaban J connectivity index is 2.28. The number of hydrogen-bond acceptors (Lipinski definition) is 2. The number of nitrogens with one attached hydrogen (secondary N) is 1. The van der Waals surface area contributed by atoms with E-state index in [0.29, 0.717) is 12.1 Å². The highest BCUT2D eigenvalue weighted by molar-refractivity contribution is 4.89. The van der Waals surface area contributed by atoms with Crippen molar-refractivity contribution in [3.05, 3.63) is 0 Å². The van der Waals surface area contributed by atoms with Crippen LogP contribution in [0.4, 0.5) is 0 Å². The smallest absolute Gasteiger partial charge is 0.0238 e. The topological polar surface area (TPSA) is 15.3 Å². The molecule has 2 heteroatoms. The Labute approximate surface area is 94.4 Å². The van der Waals surface area contributed by atoms with Gasteiger partial charge in [0.25, 0.3) is 0 Å². The van der Waals surface area contributed by atoms with Gasteiger partial charge in [-0.1, -0.05) is 6.92 Å². The second-order valence-electron chi connectivity index (χ2n) is 4.54. The van der Waals surface area contributed by atoms with Gasteiger partial charge in [-0.2, -0.15) is 0 Å². The van der Waals surface area contributed by atoms with Crippen LogP contribution in [-0.2, 0) is 0 Å². The average Bonchev–Trinajstić information content (AvgIpc) is 2.43. The summed E-state index contributed by atoms with van der Waals surface area (Å²) in [6.45, 7) is 8.11. The second kappa shape index (κ2) is 6.87. The molecule has 86 valence electrons. The number of rotatable bonds is 4. The van der Waals surface area contributed by atoms with Crippen LogP contribution >= 0.6 is 0 Å². The lowest BCUT2D eigenvalue weighted by Crippen LogP contribution is -2.37. The summed E-state index contributed by atoms with van der Waals surface area (Å²) < 4.78 is 0. The minimum Gasteiger partial charge on any atom is -0.311 e. The molecule has 0 aromatic heterocycles. The first-order valence-corrected chi connectivity index (χ1v) is 6.18. The molecule has 0 amide bonds. The van der Waals surface area contributed by atoms with Gasteiger partial charge in [-0.15, -0.1) is 12.3 Å². The summed E-state index contributed by atoms with van der Waals surface area (Å²) in [7, 11) is 0. The van der Waals surface area contributed by atoms with Gasteiger partial charge in [0.05, 0.1) is 0 Å². The average molecular weight is 208 g/mol. The van der Waals surface area contributed by atoms with Crippen molar-refractivity contribution in [2.45, 2.75) is 51.6 Å². The van der Waals surface area contributed by atoms with Crippen LogP contribution in [0.5, 0.6) is 0 Å². The first-order chi connectivity index (χ1) is 7.26. The van der Waals surface area contributed by atoms with Crippen LogP contribution in [-0.4, -0.2) is 36.6 Å². The molecule has 15 heavy (non-hydrogen) atoms. The highest BCUT2D eigenvalue weighted by Gasteiger charge is 2.16. The van der Waals surface area contributed by atoms with Gasteiger partial charge in [-0.25, -0.2) is 0 Å². The molecule has 0 aromatic carbocycles. The van der Waals surface area contributed by atoms with E-state index in [0.717, 1.165) is 6.42 Å². The van der Waals surface area contributed by atoms with E-state index in [1.807, 2.05) is 0 Å². The zero-order valence-electron chi connectivity index (χ0n) is 10.1. The fraction of sp³-hybridized carbons (Fsp3) is 0.846. The molecule has 1 saturated heterocycles. The number of terminal acetylenes is 1. The van der Waals surface area contributed by atoms with E-state index in [4.69, 9.17) is 6.42 Å². The monoisotopic (exact) mass is 208 g/mol. The third-order valence-corrected chi connectivity index (χ3v) is 3.21. The molecule has 1 heterocycles. The second-order valence-corrected chi connectivity index (χ2v) is 4.54. The fourth-order valence-corrected chi connectivity index (χ4v) is 2.28. The van der Waals surface area contributed by atoms with Gasteiger partial charge in [0.15, 0.2) is 0 Å². The van der Waals surface area contributed by atoms with E-state index in [-0.39, 0.29) is 0 Å². The molecule has 0 radical (unpaired) electrons. The largest absolute Gasteiger partial charge is 0.311 e. The summed E-state index contributed by atoms with van der Waals surface area (Å²) >= 11 is 0. The maximum absolute atomic E-state index is 5.31. The molecule has 0 aromatic rings. The molecule has 1 aliphatic rings. The van der Waals surface area contributed by atoms with Crippen LogP contribution in [0.15, 0.2) is 0 Å². The Bertz CT molecular complexity index is 207. The van der Waals surface area contributed by atoms with E-state index in [1.165, 1.54) is 38.9 Å². The van der Waals surface area contributed by atoms with Crippen molar-refractivity contribution in [2.24, 2.45) is 0 Å². The van der Waals surface area contributed by atoms with Crippen LogP contribution in [0.1, 0.15) is 39.5 Å². The molecular weight excluding hydrogens is 184 g/mol. The third-order valence-electron chi connectivity index (χ3n) is 3.21. The van der Waals surface area contributed by atoms with Gasteiger partial charge in [-0.05, 0) is 45.8 Å². The summed E-state index contributed by atoms with van der Waals surface area (Å²) in [5.41, 5.74) is 0. The highest BCUT2D eigenvalue weighted by atomic mass is 15.1. The van der Waals surface area contributed by atoms with Gasteiger partial charge < -0.3 is 10.2 Å². The first-order valence-electron chi connectivity index (χ1n) is 6.18. The first kappa shape index (κ1) is 12.5. The van der Waals surface area contributed by atoms with Crippen LogP contribution in [0, 0.1) is 12.3 Å². The van der Waals surface area contributed by atoms with Crippen LogP contribution < -0.4 is 5.32 Å². The van der Waals surface area contributed by atoms with Crippen molar-refractivity contribution in [3.63, 3.8) is 0 Å². The maximum Gasteiger partial charge on any atom is 0.0238 e. The molecule has 0 spiro atoms. The predicted octanol–water partition coefficient (Wildman–Crippen LogP) is 1.86. The van der Waals surface area contributed by atoms with Gasteiger partial charge in [0.1, 0.15) is 0 Å². The van der Waals surface area contributed by atoms with E-state index in [1.54, 1.807) is 0 Å². The van der Waals surface area contributed by atoms with Crippen molar-refractivity contribution in [1.29, 1.82) is 0 Å². The molecular formula is C13H24N2. The SMILES string of the molecule is C#CCC(C)NC1CCCN(CC)CC1. The lowest BCUT2D eigenvalue weighted by atomic mass is 10.1. The molecule has 2 atom stereocenters. The van der Waals surface area contributed by atoms with Crippen LogP contribution in [0.25, 0.3) is 0 Å². The minimum atomic E-state index is 0.466. The Kier molecular flexibility index (Phi) is 5.75. The summed E-state index contributed by atoms with van der Waals surface area (Å²) in [5, 5.41) is 3.64. The van der Waals surface area contributed by atoms with E-state index >= 15 is 0 Å². The minimum absolute atomic E-state index is 0.466. The summed E-state index contributed by atoms with van der Waals surface area (Å²) in [5.74, 6) is 2.72. The number of likely N-dealkylation sites (tertiary alicyclic amines) is 1. The molecule has 1 N–H and O–H groups in total. The Morgan fingerprint density at radius 3 is 2.93 bits per heavy atom. The Morgan fingerprint density at radius 1 is 1.47 bits per heavy atom. The Hall–Kier alpha value is -0.520. The van der Waals surface area contributed by atoms with Crippen molar-refractivity contribution in [2.75, 3.05) is 19.6 Å². The van der Waals surface area contributed by atoms with Gasteiger partial charge in [0, 0.05) is 18.5 Å². The van der Waals surface area contributed by atoms with Gasteiger partial charge in [0.2, 0.25) is 0 Å². The quantitative estimate of drug-likeness (QED) is 0.710. The summed E-state index contributed by atoms with van der Waals surface area (Å²) in [4.78, 5) is 2.54. The van der Waals surface area contributed by atoms with E-state index in [2.05, 4.69) is 30.0 Å². The lowest BCUT2D eigenvalue weighted by Gasteiger charge is -2.21. The summed E-state index contributed by atoms with van der Waals surface area (Å²) in [6.07, 6.45) is 10.0. The molecule has 1 aliphatic heterocycles. The van der Waals surface area contributed by atoms with E-state index < -0.39 is 0 Å². The fourth-order valence-electron chi connectivity index (χ4n) is 2.28. The number of nitrogens with zero attached hydrogens (tertiary/aromatic N) is 1. The predicted molar refractivity (Wildman–Crippen MR) is 65.8 cm³/mol. The lowest BCUT2D eigenvalue weighted by molar-refractivity contribution is 0.295. The summed E-state index contributed by atoms with van der Waals surface area (Å²) in [6, 6.07) is 1.14. The van der Waals surface area contributed by atoms with Crippen molar-refractivity contribution in [1.82, 2.24) is 10.2 Å². The molecule has 0 saturated carbocycles. The molecule has 1 rings (SSSR count). The van der Waals surface area contributed by atoms with Crippen LogP contribution in [0.3, 0.4) is 0 Å². The molecule has 0 aliphatic carbocycles. The van der Waals surface area contributed by atoms with E-state index in [9.17, 15) is 0 Å². The van der Waals surface area contributed by atoms with Gasteiger partial charge >= 0.3 is 0 Å². The highest BCUT2D eigenvalue weighted by Crippen LogP contribution is 2.11. The number of hydrogen-bond donors (Lipinski definition) is 1. The molecule has 2 unspecified atom stereocenters. The Morgan fingerprint density at radius 2 is 2.27 bits per heavy atom. The third kappa shape index (κ3) is 4.68. The molecule has 0 bridgehead atoms. The standard InChI is InChI=1S/C13H24N2/c1-4-7-12(3)14-13-8-6-10-15(5-2)11-9-13/h1,12-14H,5-11H2,2-3H3. The van der Waals surface area contributed by atoms with Crippen molar-refractivity contribution >= 4 is 0 Å². The zero-order chi connectivity index (χ0) is 11.1. The molecule has 2 nitrogen and oxygen atoms in total. The van der Waals surface area contributed by atoms with Crippen molar-refractivity contribution in [3.8, 4) is 12.3 Å². The van der Waals surface area contributed by atoms with Crippen molar-refractivity contribution < 1.29 is 0 Å². The molecule has 1 fully saturated rings.